The number of benzene rings is 1. The van der Waals surface area contributed by atoms with Crippen LogP contribution in [0, 0.1) is 6.92 Å². The first-order chi connectivity index (χ1) is 8.60. The second-order valence-corrected chi connectivity index (χ2v) is 5.06. The van der Waals surface area contributed by atoms with Crippen molar-refractivity contribution in [2.45, 2.75) is 24.8 Å². The predicted octanol–water partition coefficient (Wildman–Crippen LogP) is 1.74. The van der Waals surface area contributed by atoms with Gasteiger partial charge in [0, 0.05) is 7.04 Å². The van der Waals surface area contributed by atoms with Crippen LogP contribution in [-0.2, 0) is 19.0 Å². The molecule has 1 unspecified atom stereocenters. The first-order valence-corrected chi connectivity index (χ1v) is 6.15. The highest BCUT2D eigenvalue weighted by Gasteiger charge is 2.18. The summed E-state index contributed by atoms with van der Waals surface area (Å²) in [6.07, 6.45) is -0.883. The summed E-state index contributed by atoms with van der Waals surface area (Å²) in [5.74, 6) is 0. The van der Waals surface area contributed by atoms with Crippen molar-refractivity contribution in [1.29, 1.82) is 0 Å². The van der Waals surface area contributed by atoms with Gasteiger partial charge in [0.2, 0.25) is 0 Å². The van der Waals surface area contributed by atoms with Crippen LogP contribution in [-0.4, -0.2) is 28.2 Å². The van der Waals surface area contributed by atoms with Crippen LogP contribution >= 0.6 is 0 Å². The van der Waals surface area contributed by atoms with Gasteiger partial charge in [-0.15, -0.1) is 0 Å². The third-order valence-corrected chi connectivity index (χ3v) is 3.35. The van der Waals surface area contributed by atoms with Gasteiger partial charge in [0.05, 0.1) is 21.7 Å². The van der Waals surface area contributed by atoms with Crippen LogP contribution in [0.4, 0.5) is 0 Å². The van der Waals surface area contributed by atoms with Crippen LogP contribution in [0.25, 0.3) is 0 Å². The Labute approximate surface area is 101 Å². The summed E-state index contributed by atoms with van der Waals surface area (Å²) in [7, 11) is -6.47. The Hall–Kier alpha value is -0.910. The molecule has 0 heterocycles. The number of rotatable bonds is 5. The van der Waals surface area contributed by atoms with Crippen molar-refractivity contribution in [3.63, 3.8) is 0 Å². The van der Waals surface area contributed by atoms with Gasteiger partial charge in [0.15, 0.2) is 0 Å². The number of methoxy groups -OCH3 is 1. The average molecular weight is 247 g/mol. The zero-order chi connectivity index (χ0) is 14.7. The number of aryl methyl sites for hydroxylation is 1. The molecule has 0 aliphatic heterocycles. The molecule has 0 saturated heterocycles. The molecule has 0 aliphatic rings. The zero-order valence-corrected chi connectivity index (χ0v) is 9.95. The van der Waals surface area contributed by atoms with E-state index in [1.807, 2.05) is 6.92 Å². The minimum Gasteiger partial charge on any atom is -0.382 e. The highest BCUT2D eigenvalue weighted by atomic mass is 32.2. The smallest absolute Gasteiger partial charge is 0.297 e. The van der Waals surface area contributed by atoms with Crippen LogP contribution in [0.15, 0.2) is 29.2 Å². The van der Waals surface area contributed by atoms with E-state index in [2.05, 4.69) is 4.74 Å². The maximum atomic E-state index is 11.9. The summed E-state index contributed by atoms with van der Waals surface area (Å²) >= 11 is 0. The van der Waals surface area contributed by atoms with Crippen LogP contribution in [0.2, 0.25) is 0 Å². The molecule has 0 saturated carbocycles. The Morgan fingerprint density at radius 2 is 2.00 bits per heavy atom. The van der Waals surface area contributed by atoms with E-state index in [-0.39, 0.29) is 11.5 Å². The van der Waals surface area contributed by atoms with Gasteiger partial charge in [0.1, 0.15) is 0 Å². The Bertz CT molecular complexity index is 508. The lowest BCUT2D eigenvalue weighted by Crippen LogP contribution is -2.19. The van der Waals surface area contributed by atoms with Crippen LogP contribution in [0.3, 0.4) is 0 Å². The molecule has 0 aromatic heterocycles. The van der Waals surface area contributed by atoms with E-state index in [1.54, 1.807) is 12.1 Å². The molecule has 1 rings (SSSR count). The molecule has 1 aromatic carbocycles. The summed E-state index contributed by atoms with van der Waals surface area (Å²) < 4.78 is 53.6. The molecule has 4 nitrogen and oxygen atoms in total. The van der Waals surface area contributed by atoms with Crippen LogP contribution in [0.5, 0.6) is 0 Å². The first-order valence-electron chi connectivity index (χ1n) is 6.24. The minimum absolute atomic E-state index is 0.0267. The van der Waals surface area contributed by atoms with Crippen molar-refractivity contribution < 1.29 is 21.5 Å². The van der Waals surface area contributed by atoms with Gasteiger partial charge in [-0.2, -0.15) is 8.42 Å². The Balaban J connectivity index is 2.67. The molecule has 0 spiro atoms. The first kappa shape index (κ1) is 9.15. The lowest BCUT2D eigenvalue weighted by Gasteiger charge is -2.11. The largest absolute Gasteiger partial charge is 0.382 e. The van der Waals surface area contributed by atoms with Crippen molar-refractivity contribution in [2.24, 2.45) is 0 Å². The lowest BCUT2D eigenvalue weighted by molar-refractivity contribution is 0.0962. The molecule has 0 bridgehead atoms. The molecule has 0 N–H and O–H groups in total. The number of ether oxygens (including phenoxy) is 1. The SMILES string of the molecule is [2H]C([2H])([2H])OCC(C)OS(=O)(=O)c1ccc(C)cc1. The fraction of sp³-hybridized carbons (Fsp3) is 0.455. The van der Waals surface area contributed by atoms with E-state index in [9.17, 15) is 8.42 Å². The number of hydrogen-bond acceptors (Lipinski definition) is 4. The molecule has 0 radical (unpaired) electrons. The van der Waals surface area contributed by atoms with Crippen LogP contribution in [0.1, 0.15) is 16.6 Å². The summed E-state index contributed by atoms with van der Waals surface area (Å²) in [5.41, 5.74) is 0.928. The molecule has 0 amide bonds. The summed E-state index contributed by atoms with van der Waals surface area (Å²) in [4.78, 5) is 0.0267. The fourth-order valence-electron chi connectivity index (χ4n) is 1.12. The molecular weight excluding hydrogens is 228 g/mol. The van der Waals surface area contributed by atoms with Gasteiger partial charge in [0.25, 0.3) is 10.1 Å². The molecule has 1 aromatic rings. The molecule has 0 aliphatic carbocycles. The van der Waals surface area contributed by atoms with E-state index in [1.165, 1.54) is 19.1 Å². The van der Waals surface area contributed by atoms with Crippen molar-refractivity contribution in [3.05, 3.63) is 29.8 Å². The topological polar surface area (TPSA) is 52.6 Å². The third kappa shape index (κ3) is 3.59. The van der Waals surface area contributed by atoms with Gasteiger partial charge in [-0.3, -0.25) is 4.18 Å². The molecule has 0 fully saturated rings. The molecule has 5 heteroatoms. The molecular formula is C11H16O4S. The molecule has 1 atom stereocenters. The van der Waals surface area contributed by atoms with E-state index in [4.69, 9.17) is 8.30 Å². The lowest BCUT2D eigenvalue weighted by atomic mass is 10.2. The Kier molecular flexibility index (Phi) is 3.11. The van der Waals surface area contributed by atoms with Crippen molar-refractivity contribution in [1.82, 2.24) is 0 Å². The summed E-state index contributed by atoms with van der Waals surface area (Å²) in [6.45, 7) is 2.93. The van der Waals surface area contributed by atoms with E-state index >= 15 is 0 Å². The van der Waals surface area contributed by atoms with E-state index in [0.29, 0.717) is 0 Å². The maximum Gasteiger partial charge on any atom is 0.297 e. The van der Waals surface area contributed by atoms with Gasteiger partial charge in [-0.1, -0.05) is 17.7 Å². The normalized spacial score (nSPS) is 17.2. The summed E-state index contributed by atoms with van der Waals surface area (Å²) in [5, 5.41) is 0. The molecule has 16 heavy (non-hydrogen) atoms. The quantitative estimate of drug-likeness (QED) is 0.744. The highest BCUT2D eigenvalue weighted by Crippen LogP contribution is 2.14. The Morgan fingerprint density at radius 1 is 1.38 bits per heavy atom. The van der Waals surface area contributed by atoms with Crippen molar-refractivity contribution in [3.8, 4) is 0 Å². The van der Waals surface area contributed by atoms with Gasteiger partial charge in [-0.25, -0.2) is 0 Å². The standard InChI is InChI=1S/C11H16O4S/c1-9-4-6-11(7-5-9)16(12,13)15-10(2)8-14-3/h4-7,10H,8H2,1-3H3/i3D3. The maximum absolute atomic E-state index is 11.9. The van der Waals surface area contributed by atoms with Gasteiger partial charge in [-0.05, 0) is 26.0 Å². The average Bonchev–Trinajstić information content (AvgIpc) is 2.25. The fourth-order valence-corrected chi connectivity index (χ4v) is 2.19. The van der Waals surface area contributed by atoms with Crippen molar-refractivity contribution >= 4 is 10.1 Å². The Morgan fingerprint density at radius 3 is 2.56 bits per heavy atom. The second-order valence-electron chi connectivity index (χ2n) is 3.49. The predicted molar refractivity (Wildman–Crippen MR) is 60.8 cm³/mol. The third-order valence-electron chi connectivity index (χ3n) is 1.92. The van der Waals surface area contributed by atoms with Gasteiger partial charge < -0.3 is 4.74 Å². The van der Waals surface area contributed by atoms with E-state index < -0.39 is 23.3 Å². The van der Waals surface area contributed by atoms with Gasteiger partial charge >= 0.3 is 0 Å². The molecule has 90 valence electrons. The summed E-state index contributed by atoms with van der Waals surface area (Å²) in [6, 6.07) is 6.17. The van der Waals surface area contributed by atoms with Crippen molar-refractivity contribution in [2.75, 3.05) is 13.6 Å². The number of hydrogen-bond donors (Lipinski definition) is 0. The van der Waals surface area contributed by atoms with Crippen LogP contribution < -0.4 is 0 Å². The minimum atomic E-state index is -3.91. The monoisotopic (exact) mass is 247 g/mol. The zero-order valence-electron chi connectivity index (χ0n) is 12.1. The second kappa shape index (κ2) is 5.43. The van der Waals surface area contributed by atoms with E-state index in [0.717, 1.165) is 5.56 Å². The highest BCUT2D eigenvalue weighted by molar-refractivity contribution is 7.86.